The second kappa shape index (κ2) is 7.64. The molecule has 2 aliphatic rings. The summed E-state index contributed by atoms with van der Waals surface area (Å²) in [6.07, 6.45) is 2.17. The van der Waals surface area contributed by atoms with Crippen molar-refractivity contribution in [3.05, 3.63) is 95.1 Å². The Morgan fingerprint density at radius 1 is 0.464 bits per heavy atom. The van der Waals surface area contributed by atoms with Gasteiger partial charge in [-0.25, -0.2) is 0 Å². The predicted octanol–water partition coefficient (Wildman–Crippen LogP) is 8.07. The van der Waals surface area contributed by atoms with Crippen LogP contribution < -0.4 is 0 Å². The Morgan fingerprint density at radius 3 is 1.14 bits per heavy atom. The molecule has 140 valence electrons. The summed E-state index contributed by atoms with van der Waals surface area (Å²) in [7, 11) is 0. The van der Waals surface area contributed by atoms with E-state index in [0.717, 1.165) is 12.8 Å². The Labute approximate surface area is 168 Å². The molecule has 0 bridgehead atoms. The van der Waals surface area contributed by atoms with E-state index in [-0.39, 0.29) is 0 Å². The zero-order valence-corrected chi connectivity index (χ0v) is 17.3. The number of benzene rings is 4. The van der Waals surface area contributed by atoms with Crippen LogP contribution in [0.15, 0.2) is 72.8 Å². The van der Waals surface area contributed by atoms with Crippen LogP contribution in [0.3, 0.4) is 0 Å². The Morgan fingerprint density at radius 2 is 0.786 bits per heavy atom. The van der Waals surface area contributed by atoms with Crippen molar-refractivity contribution in [3.8, 4) is 0 Å². The highest BCUT2D eigenvalue weighted by Gasteiger charge is 2.29. The van der Waals surface area contributed by atoms with Crippen LogP contribution >= 0.6 is 0 Å². The van der Waals surface area contributed by atoms with Crippen molar-refractivity contribution in [2.75, 3.05) is 0 Å². The first kappa shape index (κ1) is 18.5. The maximum Gasteiger partial charge on any atom is -0.00104 e. The van der Waals surface area contributed by atoms with Gasteiger partial charge >= 0.3 is 0 Å². The molecule has 4 aromatic rings. The molecule has 0 saturated carbocycles. The molecule has 28 heavy (non-hydrogen) atoms. The van der Waals surface area contributed by atoms with Gasteiger partial charge in [-0.15, -0.1) is 0 Å². The quantitative estimate of drug-likeness (QED) is 0.296. The fourth-order valence-electron chi connectivity index (χ4n) is 4.54. The maximum atomic E-state index is 2.40. The molecule has 4 aromatic carbocycles. The number of fused-ring (bicyclic) bond motifs is 6. The molecule has 2 aliphatic carbocycles. The SMILES string of the molecule is CC.CC.c1ccc2cc3c(cc2c1)CC1=C3Cc2cc3ccccc3cc21. The van der Waals surface area contributed by atoms with Gasteiger partial charge in [-0.2, -0.15) is 0 Å². The Hall–Kier alpha value is -2.86. The van der Waals surface area contributed by atoms with Gasteiger partial charge in [-0.1, -0.05) is 88.4 Å². The van der Waals surface area contributed by atoms with Gasteiger partial charge in [0.1, 0.15) is 0 Å². The summed E-state index contributed by atoms with van der Waals surface area (Å²) in [5, 5.41) is 5.42. The highest BCUT2D eigenvalue weighted by atomic mass is 14.3. The first-order chi connectivity index (χ1) is 13.9. The van der Waals surface area contributed by atoms with E-state index in [4.69, 9.17) is 0 Å². The molecule has 0 unspecified atom stereocenters. The van der Waals surface area contributed by atoms with E-state index in [1.165, 1.54) is 43.8 Å². The molecule has 0 heteroatoms. The minimum absolute atomic E-state index is 1.08. The van der Waals surface area contributed by atoms with Gasteiger partial charge in [0, 0.05) is 0 Å². The zero-order chi connectivity index (χ0) is 19.7. The molecule has 0 spiro atoms. The predicted molar refractivity (Wildman–Crippen MR) is 125 cm³/mol. The number of hydrogen-bond acceptors (Lipinski definition) is 0. The van der Waals surface area contributed by atoms with Crippen LogP contribution in [0.5, 0.6) is 0 Å². The molecule has 0 atom stereocenters. The van der Waals surface area contributed by atoms with Crippen LogP contribution in [-0.2, 0) is 12.8 Å². The molecule has 0 fully saturated rings. The van der Waals surface area contributed by atoms with Gasteiger partial charge in [0.2, 0.25) is 0 Å². The van der Waals surface area contributed by atoms with Gasteiger partial charge in [0.05, 0.1) is 0 Å². The molecule has 0 aromatic heterocycles. The van der Waals surface area contributed by atoms with Crippen LogP contribution in [0.1, 0.15) is 49.9 Å². The molecular weight excluding hydrogens is 336 g/mol. The monoisotopic (exact) mass is 364 g/mol. The van der Waals surface area contributed by atoms with Crippen molar-refractivity contribution in [2.45, 2.75) is 40.5 Å². The zero-order valence-electron chi connectivity index (χ0n) is 17.3. The highest BCUT2D eigenvalue weighted by Crippen LogP contribution is 2.48. The summed E-state index contributed by atoms with van der Waals surface area (Å²) < 4.78 is 0. The van der Waals surface area contributed by atoms with E-state index >= 15 is 0 Å². The molecular formula is C28H28. The van der Waals surface area contributed by atoms with Crippen molar-refractivity contribution in [2.24, 2.45) is 0 Å². The third kappa shape index (κ3) is 2.85. The van der Waals surface area contributed by atoms with Crippen LogP contribution in [-0.4, -0.2) is 0 Å². The summed E-state index contributed by atoms with van der Waals surface area (Å²) in [6, 6.07) is 27.0. The third-order valence-electron chi connectivity index (χ3n) is 5.69. The Balaban J connectivity index is 0.000000454. The van der Waals surface area contributed by atoms with Crippen LogP contribution in [0.4, 0.5) is 0 Å². The van der Waals surface area contributed by atoms with E-state index in [0.29, 0.717) is 0 Å². The topological polar surface area (TPSA) is 0 Å². The summed E-state index contributed by atoms with van der Waals surface area (Å²) >= 11 is 0. The summed E-state index contributed by atoms with van der Waals surface area (Å²) in [6.45, 7) is 8.00. The van der Waals surface area contributed by atoms with Crippen molar-refractivity contribution in [1.82, 2.24) is 0 Å². The largest absolute Gasteiger partial charge is 0.0683 e. The lowest BCUT2D eigenvalue weighted by Crippen LogP contribution is -1.92. The minimum Gasteiger partial charge on any atom is -0.0683 e. The standard InChI is InChI=1S/C24H16.2C2H6/c1-3-7-17-11-21-19(9-15(17)5-1)13-23-22-12-18-8-4-2-6-16(18)10-20(22)14-24(21)23;2*1-2/h1-12H,13-14H2;2*1-2H3. The van der Waals surface area contributed by atoms with Gasteiger partial charge in [0.25, 0.3) is 0 Å². The van der Waals surface area contributed by atoms with Gasteiger partial charge in [0.15, 0.2) is 0 Å². The lowest BCUT2D eigenvalue weighted by Gasteiger charge is -2.10. The molecule has 0 nitrogen and oxygen atoms in total. The normalized spacial score (nSPS) is 13.3. The van der Waals surface area contributed by atoms with E-state index < -0.39 is 0 Å². The average Bonchev–Trinajstić information content (AvgIpc) is 3.29. The smallest absolute Gasteiger partial charge is 0.00104 e. The second-order valence-electron chi connectivity index (χ2n) is 7.02. The van der Waals surface area contributed by atoms with Crippen molar-refractivity contribution in [3.63, 3.8) is 0 Å². The number of allylic oxidation sites excluding steroid dienone is 2. The van der Waals surface area contributed by atoms with Crippen LogP contribution in [0, 0.1) is 0 Å². The third-order valence-corrected chi connectivity index (χ3v) is 5.69. The molecule has 0 heterocycles. The molecule has 0 radical (unpaired) electrons. The highest BCUT2D eigenvalue weighted by molar-refractivity contribution is 6.06. The van der Waals surface area contributed by atoms with Gasteiger partial charge in [-0.3, -0.25) is 0 Å². The lowest BCUT2D eigenvalue weighted by molar-refractivity contribution is 1.27. The van der Waals surface area contributed by atoms with E-state index in [1.54, 1.807) is 11.1 Å². The van der Waals surface area contributed by atoms with Crippen molar-refractivity contribution < 1.29 is 0 Å². The lowest BCUT2D eigenvalue weighted by atomic mass is 9.94. The average molecular weight is 365 g/mol. The van der Waals surface area contributed by atoms with Gasteiger partial charge < -0.3 is 0 Å². The molecule has 6 rings (SSSR count). The molecule has 0 saturated heterocycles. The number of rotatable bonds is 0. The first-order valence-corrected chi connectivity index (χ1v) is 10.6. The summed E-state index contributed by atoms with van der Waals surface area (Å²) in [5.74, 6) is 0. The number of hydrogen-bond donors (Lipinski definition) is 0. The maximum absolute atomic E-state index is 2.40. The van der Waals surface area contributed by atoms with Crippen molar-refractivity contribution >= 4 is 32.7 Å². The van der Waals surface area contributed by atoms with Crippen LogP contribution in [0.25, 0.3) is 32.7 Å². The van der Waals surface area contributed by atoms with E-state index in [2.05, 4.69) is 72.8 Å². The Kier molecular flexibility index (Phi) is 5.05. The van der Waals surface area contributed by atoms with E-state index in [9.17, 15) is 0 Å². The fourth-order valence-corrected chi connectivity index (χ4v) is 4.54. The first-order valence-electron chi connectivity index (χ1n) is 10.6. The van der Waals surface area contributed by atoms with E-state index in [1.807, 2.05) is 27.7 Å². The molecule has 0 N–H and O–H groups in total. The Bertz CT molecular complexity index is 1100. The minimum atomic E-state index is 1.08. The fraction of sp³-hybridized carbons (Fsp3) is 0.214. The molecule has 0 aliphatic heterocycles. The summed E-state index contributed by atoms with van der Waals surface area (Å²) in [4.78, 5) is 0. The second-order valence-corrected chi connectivity index (χ2v) is 7.02. The molecule has 0 amide bonds. The van der Waals surface area contributed by atoms with Crippen LogP contribution in [0.2, 0.25) is 0 Å². The van der Waals surface area contributed by atoms with Crippen molar-refractivity contribution in [1.29, 1.82) is 0 Å². The summed E-state index contributed by atoms with van der Waals surface area (Å²) in [5.41, 5.74) is 9.06. The van der Waals surface area contributed by atoms with Gasteiger partial charge in [-0.05, 0) is 79.9 Å².